The summed E-state index contributed by atoms with van der Waals surface area (Å²) < 4.78 is 11.0. The summed E-state index contributed by atoms with van der Waals surface area (Å²) in [6, 6.07) is 5.15. The van der Waals surface area contributed by atoms with Gasteiger partial charge in [0.1, 0.15) is 17.3 Å². The van der Waals surface area contributed by atoms with E-state index in [9.17, 15) is 4.79 Å². The third-order valence-electron chi connectivity index (χ3n) is 1.68. The molecule has 6 heteroatoms. The van der Waals surface area contributed by atoms with Crippen LogP contribution in [0.2, 0.25) is 0 Å². The zero-order valence-electron chi connectivity index (χ0n) is 7.56. The number of hydrogen-bond acceptors (Lipinski definition) is 5. The predicted octanol–water partition coefficient (Wildman–Crippen LogP) is 1.52. The van der Waals surface area contributed by atoms with Crippen LogP contribution >= 0.6 is 23.6 Å². The van der Waals surface area contributed by atoms with Gasteiger partial charge in [0.25, 0.3) is 0 Å². The molecule has 0 amide bonds. The molecule has 0 unspecified atom stereocenters. The molecule has 0 aliphatic heterocycles. The van der Waals surface area contributed by atoms with E-state index >= 15 is 0 Å². The molecule has 2 rings (SSSR count). The summed E-state index contributed by atoms with van der Waals surface area (Å²) >= 11 is 5.73. The number of nitrogens with two attached hydrogens (primary N) is 1. The minimum Gasteiger partial charge on any atom is -0.486 e. The van der Waals surface area contributed by atoms with E-state index in [1.165, 1.54) is 0 Å². The van der Waals surface area contributed by atoms with Gasteiger partial charge in [-0.2, -0.15) is 0 Å². The molecule has 1 aromatic heterocycles. The van der Waals surface area contributed by atoms with Crippen molar-refractivity contribution in [1.29, 1.82) is 0 Å². The van der Waals surface area contributed by atoms with Crippen molar-refractivity contribution in [3.63, 3.8) is 0 Å². The van der Waals surface area contributed by atoms with Crippen molar-refractivity contribution < 1.29 is 9.15 Å². The molecule has 4 nitrogen and oxygen atoms in total. The summed E-state index contributed by atoms with van der Waals surface area (Å²) in [5.41, 5.74) is 5.81. The smallest absolute Gasteiger partial charge is 0.396 e. The average Bonchev–Trinajstić information content (AvgIpc) is 2.53. The van der Waals surface area contributed by atoms with E-state index in [1.54, 1.807) is 18.2 Å². The van der Waals surface area contributed by atoms with Gasteiger partial charge in [-0.1, -0.05) is 23.6 Å². The molecule has 1 heterocycles. The highest BCUT2D eigenvalue weighted by Gasteiger charge is 2.03. The fourth-order valence-electron chi connectivity index (χ4n) is 1.10. The maximum absolute atomic E-state index is 10.9. The van der Waals surface area contributed by atoms with Crippen LogP contribution in [0.4, 0.5) is 0 Å². The van der Waals surface area contributed by atoms with Gasteiger partial charge in [0.2, 0.25) is 0 Å². The number of ether oxygens (including phenoxy) is 1. The van der Waals surface area contributed by atoms with Crippen molar-refractivity contribution in [1.82, 2.24) is 0 Å². The molecule has 0 atom stereocenters. The lowest BCUT2D eigenvalue weighted by Gasteiger charge is -2.03. The zero-order chi connectivity index (χ0) is 10.8. The first kappa shape index (κ1) is 10.1. The molecule has 0 radical (unpaired) electrons. The fourth-order valence-corrected chi connectivity index (χ4v) is 1.80. The van der Waals surface area contributed by atoms with Crippen LogP contribution in [0.3, 0.4) is 0 Å². The Morgan fingerprint density at radius 1 is 1.60 bits per heavy atom. The van der Waals surface area contributed by atoms with E-state index in [0.29, 0.717) is 11.3 Å². The lowest BCUT2D eigenvalue weighted by Crippen LogP contribution is -2.17. The van der Waals surface area contributed by atoms with E-state index in [4.69, 9.17) is 14.9 Å². The maximum Gasteiger partial charge on any atom is 0.396 e. The maximum atomic E-state index is 10.9. The number of benzene rings is 1. The van der Waals surface area contributed by atoms with Gasteiger partial charge in [0, 0.05) is 6.07 Å². The second-order valence-corrected chi connectivity index (χ2v) is 4.32. The standard InChI is InChI=1S/C9H7NO3S2/c10-8(14)4-12-5-1-2-7-6(3-5)13-9(11)15-7/h1-3H,4H2,(H2,10,14). The van der Waals surface area contributed by atoms with Gasteiger partial charge in [0.15, 0.2) is 5.58 Å². The van der Waals surface area contributed by atoms with E-state index in [1.807, 2.05) is 0 Å². The van der Waals surface area contributed by atoms with Crippen molar-refractivity contribution in [3.05, 3.63) is 27.9 Å². The average molecular weight is 241 g/mol. The van der Waals surface area contributed by atoms with E-state index in [-0.39, 0.29) is 16.5 Å². The Balaban J connectivity index is 2.30. The monoisotopic (exact) mass is 241 g/mol. The van der Waals surface area contributed by atoms with Crippen LogP contribution < -0.4 is 15.4 Å². The SMILES string of the molecule is NC(=S)COc1ccc2sc(=O)oc2c1. The minimum atomic E-state index is -0.323. The third kappa shape index (κ3) is 2.34. The Labute approximate surface area is 94.3 Å². The molecule has 0 spiro atoms. The van der Waals surface area contributed by atoms with Gasteiger partial charge < -0.3 is 14.9 Å². The summed E-state index contributed by atoms with van der Waals surface area (Å²) in [4.78, 5) is 10.9. The summed E-state index contributed by atoms with van der Waals surface area (Å²) in [6.45, 7) is 0.176. The van der Waals surface area contributed by atoms with Crippen LogP contribution in [0.25, 0.3) is 10.3 Å². The number of fused-ring (bicyclic) bond motifs is 1. The van der Waals surface area contributed by atoms with E-state index in [2.05, 4.69) is 12.2 Å². The molecule has 2 aromatic rings. The van der Waals surface area contributed by atoms with Gasteiger partial charge >= 0.3 is 4.94 Å². The molecule has 0 aliphatic carbocycles. The summed E-state index contributed by atoms with van der Waals surface area (Å²) in [5, 5.41) is 0. The minimum absolute atomic E-state index is 0.176. The van der Waals surface area contributed by atoms with Crippen molar-refractivity contribution in [3.8, 4) is 5.75 Å². The first-order valence-electron chi connectivity index (χ1n) is 4.10. The molecule has 0 saturated heterocycles. The van der Waals surface area contributed by atoms with Gasteiger partial charge in [-0.3, -0.25) is 0 Å². The van der Waals surface area contributed by atoms with Gasteiger partial charge in [-0.25, -0.2) is 4.79 Å². The Hall–Kier alpha value is -1.40. The third-order valence-corrected chi connectivity index (χ3v) is 2.61. The van der Waals surface area contributed by atoms with E-state index in [0.717, 1.165) is 16.0 Å². The Morgan fingerprint density at radius 3 is 3.13 bits per heavy atom. The van der Waals surface area contributed by atoms with Crippen LogP contribution in [0.1, 0.15) is 0 Å². The van der Waals surface area contributed by atoms with Crippen molar-refractivity contribution in [2.45, 2.75) is 0 Å². The predicted molar refractivity (Wildman–Crippen MR) is 62.6 cm³/mol. The normalized spacial score (nSPS) is 10.4. The highest BCUT2D eigenvalue weighted by Crippen LogP contribution is 2.22. The molecule has 15 heavy (non-hydrogen) atoms. The van der Waals surface area contributed by atoms with Crippen LogP contribution in [0.5, 0.6) is 5.75 Å². The van der Waals surface area contributed by atoms with Crippen LogP contribution in [-0.2, 0) is 0 Å². The van der Waals surface area contributed by atoms with Crippen molar-refractivity contribution >= 4 is 38.8 Å². The Morgan fingerprint density at radius 2 is 2.40 bits per heavy atom. The highest BCUT2D eigenvalue weighted by atomic mass is 32.1. The van der Waals surface area contributed by atoms with Gasteiger partial charge in [-0.15, -0.1) is 0 Å². The first-order valence-corrected chi connectivity index (χ1v) is 5.32. The number of hydrogen-bond donors (Lipinski definition) is 1. The molecular formula is C9H7NO3S2. The number of thiocarbonyl (C=S) groups is 1. The van der Waals surface area contributed by atoms with Crippen LogP contribution in [-0.4, -0.2) is 11.6 Å². The lowest BCUT2D eigenvalue weighted by atomic mass is 10.3. The molecule has 0 bridgehead atoms. The first-order chi connectivity index (χ1) is 7.15. The summed E-state index contributed by atoms with van der Waals surface area (Å²) in [7, 11) is 0. The molecule has 0 fully saturated rings. The molecular weight excluding hydrogens is 234 g/mol. The van der Waals surface area contributed by atoms with Gasteiger partial charge in [0.05, 0.1) is 4.70 Å². The van der Waals surface area contributed by atoms with Gasteiger partial charge in [-0.05, 0) is 12.1 Å². The highest BCUT2D eigenvalue weighted by molar-refractivity contribution is 7.80. The Bertz CT molecular complexity index is 558. The molecule has 78 valence electrons. The fraction of sp³-hybridized carbons (Fsp3) is 0.111. The van der Waals surface area contributed by atoms with Crippen molar-refractivity contribution in [2.75, 3.05) is 6.61 Å². The summed E-state index contributed by atoms with van der Waals surface area (Å²) in [5.74, 6) is 0.580. The van der Waals surface area contributed by atoms with Crippen molar-refractivity contribution in [2.24, 2.45) is 5.73 Å². The second-order valence-electron chi connectivity index (χ2n) is 2.82. The number of rotatable bonds is 3. The molecule has 1 aromatic carbocycles. The largest absolute Gasteiger partial charge is 0.486 e. The van der Waals surface area contributed by atoms with Crippen LogP contribution in [0.15, 0.2) is 27.4 Å². The quantitative estimate of drug-likeness (QED) is 0.825. The van der Waals surface area contributed by atoms with E-state index < -0.39 is 0 Å². The zero-order valence-corrected chi connectivity index (χ0v) is 9.19. The Kier molecular flexibility index (Phi) is 2.70. The second kappa shape index (κ2) is 4.00. The molecule has 2 N–H and O–H groups in total. The molecule has 0 aliphatic rings. The molecule has 0 saturated carbocycles. The lowest BCUT2D eigenvalue weighted by molar-refractivity contribution is 0.377. The van der Waals surface area contributed by atoms with Crippen LogP contribution in [0, 0.1) is 0 Å². The topological polar surface area (TPSA) is 65.5 Å². The summed E-state index contributed by atoms with van der Waals surface area (Å²) in [6.07, 6.45) is 0.